The average molecular weight is 267 g/mol. The molecule has 100 valence electrons. The van der Waals surface area contributed by atoms with E-state index in [9.17, 15) is 9.50 Å². The predicted molar refractivity (Wildman–Crippen MR) is 76.9 cm³/mol. The number of nitrogens with zero attached hydrogens (tertiary/aromatic N) is 1. The van der Waals surface area contributed by atoms with Gasteiger partial charge in [0.2, 0.25) is 0 Å². The molecule has 20 heavy (non-hydrogen) atoms. The molecule has 1 unspecified atom stereocenters. The summed E-state index contributed by atoms with van der Waals surface area (Å²) in [5.74, 6) is -0.341. The Morgan fingerprint density at radius 2 is 1.90 bits per heavy atom. The van der Waals surface area contributed by atoms with Gasteiger partial charge in [-0.25, -0.2) is 4.39 Å². The Morgan fingerprint density at radius 1 is 1.10 bits per heavy atom. The number of fused-ring (bicyclic) bond motifs is 1. The average Bonchev–Trinajstić information content (AvgIpc) is 2.45. The van der Waals surface area contributed by atoms with Gasteiger partial charge in [-0.3, -0.25) is 4.98 Å². The largest absolute Gasteiger partial charge is 0.384 e. The number of benzene rings is 2. The minimum absolute atomic E-state index is 0.341. The highest BCUT2D eigenvalue weighted by Gasteiger charge is 2.15. The standard InChI is InChI=1S/C17H14FNO/c1-11-8-13(10-14(18)9-11)17(20)15-6-2-4-12-5-3-7-19-16(12)15/h2-10,17,20H,1H3. The fourth-order valence-corrected chi connectivity index (χ4v) is 2.45. The molecule has 0 saturated heterocycles. The Kier molecular flexibility index (Phi) is 3.20. The second-order valence-corrected chi connectivity index (χ2v) is 4.89. The van der Waals surface area contributed by atoms with Crippen LogP contribution in [-0.2, 0) is 0 Å². The Morgan fingerprint density at radius 3 is 2.70 bits per heavy atom. The molecule has 0 radical (unpaired) electrons. The summed E-state index contributed by atoms with van der Waals surface area (Å²) in [6.45, 7) is 1.81. The van der Waals surface area contributed by atoms with Crippen LogP contribution in [0.5, 0.6) is 0 Å². The van der Waals surface area contributed by atoms with Gasteiger partial charge in [0.1, 0.15) is 11.9 Å². The fourth-order valence-electron chi connectivity index (χ4n) is 2.45. The first-order chi connectivity index (χ1) is 9.65. The first kappa shape index (κ1) is 12.8. The van der Waals surface area contributed by atoms with E-state index < -0.39 is 6.10 Å². The van der Waals surface area contributed by atoms with Crippen molar-refractivity contribution in [1.29, 1.82) is 0 Å². The van der Waals surface area contributed by atoms with Crippen molar-refractivity contribution in [3.05, 3.63) is 77.2 Å². The summed E-state index contributed by atoms with van der Waals surface area (Å²) in [6.07, 6.45) is 0.804. The van der Waals surface area contributed by atoms with E-state index in [1.165, 1.54) is 12.1 Å². The van der Waals surface area contributed by atoms with Gasteiger partial charge in [0.25, 0.3) is 0 Å². The number of aliphatic hydroxyl groups is 1. The monoisotopic (exact) mass is 267 g/mol. The van der Waals surface area contributed by atoms with Gasteiger partial charge >= 0.3 is 0 Å². The maximum atomic E-state index is 13.5. The molecule has 2 aromatic carbocycles. The van der Waals surface area contributed by atoms with Gasteiger partial charge < -0.3 is 5.11 Å². The van der Waals surface area contributed by atoms with E-state index in [2.05, 4.69) is 4.98 Å². The van der Waals surface area contributed by atoms with Crippen LogP contribution < -0.4 is 0 Å². The number of pyridine rings is 1. The van der Waals surface area contributed by atoms with Crippen LogP contribution in [0.15, 0.2) is 54.7 Å². The van der Waals surface area contributed by atoms with Crippen molar-refractivity contribution in [1.82, 2.24) is 4.98 Å². The number of hydrogen-bond donors (Lipinski definition) is 1. The maximum Gasteiger partial charge on any atom is 0.123 e. The fraction of sp³-hybridized carbons (Fsp3) is 0.118. The minimum Gasteiger partial charge on any atom is -0.384 e. The van der Waals surface area contributed by atoms with Crippen LogP contribution in [0, 0.1) is 12.7 Å². The van der Waals surface area contributed by atoms with E-state index in [0.717, 1.165) is 16.5 Å². The topological polar surface area (TPSA) is 33.1 Å². The number of hydrogen-bond acceptors (Lipinski definition) is 2. The lowest BCUT2D eigenvalue weighted by Gasteiger charge is -2.14. The molecule has 0 saturated carbocycles. The van der Waals surface area contributed by atoms with Crippen LogP contribution in [0.4, 0.5) is 4.39 Å². The van der Waals surface area contributed by atoms with Crippen LogP contribution in [0.3, 0.4) is 0 Å². The summed E-state index contributed by atoms with van der Waals surface area (Å²) >= 11 is 0. The molecular formula is C17H14FNO. The highest BCUT2D eigenvalue weighted by molar-refractivity contribution is 5.82. The molecule has 2 nitrogen and oxygen atoms in total. The van der Waals surface area contributed by atoms with Gasteiger partial charge in [0.15, 0.2) is 0 Å². The van der Waals surface area contributed by atoms with Crippen LogP contribution in [0.25, 0.3) is 10.9 Å². The van der Waals surface area contributed by atoms with Crippen LogP contribution in [0.2, 0.25) is 0 Å². The third kappa shape index (κ3) is 2.28. The highest BCUT2D eigenvalue weighted by Crippen LogP contribution is 2.28. The minimum atomic E-state index is -0.886. The van der Waals surface area contributed by atoms with E-state index in [4.69, 9.17) is 0 Å². The molecule has 3 heteroatoms. The molecule has 3 aromatic rings. The van der Waals surface area contributed by atoms with Crippen LogP contribution in [0.1, 0.15) is 22.8 Å². The first-order valence-corrected chi connectivity index (χ1v) is 6.44. The molecule has 1 aromatic heterocycles. The van der Waals surface area contributed by atoms with Gasteiger partial charge in [0.05, 0.1) is 5.52 Å². The van der Waals surface area contributed by atoms with Crippen molar-refractivity contribution in [2.45, 2.75) is 13.0 Å². The SMILES string of the molecule is Cc1cc(F)cc(C(O)c2cccc3cccnc23)c1. The zero-order valence-electron chi connectivity index (χ0n) is 11.0. The second kappa shape index (κ2) is 5.02. The molecule has 1 atom stereocenters. The van der Waals surface area contributed by atoms with Gasteiger partial charge in [-0.1, -0.05) is 30.3 Å². The van der Waals surface area contributed by atoms with Crippen molar-refractivity contribution in [2.24, 2.45) is 0 Å². The zero-order chi connectivity index (χ0) is 14.1. The van der Waals surface area contributed by atoms with Crippen molar-refractivity contribution < 1.29 is 9.50 Å². The summed E-state index contributed by atoms with van der Waals surface area (Å²) < 4.78 is 13.5. The lowest BCUT2D eigenvalue weighted by molar-refractivity contribution is 0.221. The van der Waals surface area contributed by atoms with Crippen molar-refractivity contribution in [3.63, 3.8) is 0 Å². The molecule has 0 amide bonds. The van der Waals surface area contributed by atoms with Crippen LogP contribution >= 0.6 is 0 Å². The van der Waals surface area contributed by atoms with Gasteiger partial charge in [-0.2, -0.15) is 0 Å². The lowest BCUT2D eigenvalue weighted by Crippen LogP contribution is -2.02. The van der Waals surface area contributed by atoms with Gasteiger partial charge in [-0.05, 0) is 36.2 Å². The number of aromatic nitrogens is 1. The normalized spacial score (nSPS) is 12.6. The van der Waals surface area contributed by atoms with E-state index in [1.54, 1.807) is 19.2 Å². The van der Waals surface area contributed by atoms with E-state index >= 15 is 0 Å². The smallest absolute Gasteiger partial charge is 0.123 e. The summed E-state index contributed by atoms with van der Waals surface area (Å²) in [7, 11) is 0. The second-order valence-electron chi connectivity index (χ2n) is 4.89. The van der Waals surface area contributed by atoms with Gasteiger partial charge in [0, 0.05) is 17.1 Å². The predicted octanol–water partition coefficient (Wildman–Crippen LogP) is 3.76. The third-order valence-corrected chi connectivity index (χ3v) is 3.34. The molecule has 0 spiro atoms. The molecule has 1 N–H and O–H groups in total. The molecule has 0 aliphatic carbocycles. The summed E-state index contributed by atoms with van der Waals surface area (Å²) in [4.78, 5) is 4.32. The van der Waals surface area contributed by atoms with Crippen molar-refractivity contribution in [3.8, 4) is 0 Å². The Hall–Kier alpha value is -2.26. The molecule has 1 heterocycles. The number of aryl methyl sites for hydroxylation is 1. The Bertz CT molecular complexity index is 744. The summed E-state index contributed by atoms with van der Waals surface area (Å²) in [5, 5.41) is 11.5. The summed E-state index contributed by atoms with van der Waals surface area (Å²) in [6, 6.07) is 14.0. The lowest BCUT2D eigenvalue weighted by atomic mass is 9.97. The number of aliphatic hydroxyl groups excluding tert-OH is 1. The highest BCUT2D eigenvalue weighted by atomic mass is 19.1. The number of rotatable bonds is 2. The molecule has 0 aliphatic heterocycles. The summed E-state index contributed by atoms with van der Waals surface area (Å²) in [5.41, 5.74) is 2.76. The molecular weight excluding hydrogens is 253 g/mol. The molecule has 0 aliphatic rings. The van der Waals surface area contributed by atoms with Crippen LogP contribution in [-0.4, -0.2) is 10.1 Å². The number of para-hydroxylation sites is 1. The number of halogens is 1. The van der Waals surface area contributed by atoms with Crippen molar-refractivity contribution >= 4 is 10.9 Å². The van der Waals surface area contributed by atoms with E-state index in [0.29, 0.717) is 11.1 Å². The first-order valence-electron chi connectivity index (χ1n) is 6.44. The quantitative estimate of drug-likeness (QED) is 0.766. The van der Waals surface area contributed by atoms with Crippen molar-refractivity contribution in [2.75, 3.05) is 0 Å². The molecule has 0 fully saturated rings. The maximum absolute atomic E-state index is 13.5. The molecule has 0 bridgehead atoms. The zero-order valence-corrected chi connectivity index (χ0v) is 11.0. The van der Waals surface area contributed by atoms with E-state index in [-0.39, 0.29) is 5.82 Å². The molecule has 3 rings (SSSR count). The Labute approximate surface area is 116 Å². The van der Waals surface area contributed by atoms with E-state index in [1.807, 2.05) is 30.3 Å². The third-order valence-electron chi connectivity index (χ3n) is 3.34. The Balaban J connectivity index is 2.15. The van der Waals surface area contributed by atoms with Gasteiger partial charge in [-0.15, -0.1) is 0 Å².